The molecular formula is C16H32N2O2. The third kappa shape index (κ3) is 6.23. The van der Waals surface area contributed by atoms with E-state index in [4.69, 9.17) is 4.74 Å². The third-order valence-electron chi connectivity index (χ3n) is 4.16. The molecule has 0 amide bonds. The van der Waals surface area contributed by atoms with Crippen molar-refractivity contribution in [2.24, 2.45) is 5.92 Å². The van der Waals surface area contributed by atoms with E-state index in [0.29, 0.717) is 6.04 Å². The number of hydrogen-bond acceptors (Lipinski definition) is 4. The van der Waals surface area contributed by atoms with Crippen LogP contribution in [-0.2, 0) is 9.53 Å². The van der Waals surface area contributed by atoms with Crippen LogP contribution in [0.15, 0.2) is 0 Å². The maximum Gasteiger partial charge on any atom is 0.322 e. The van der Waals surface area contributed by atoms with Crippen molar-refractivity contribution in [2.75, 3.05) is 26.7 Å². The fourth-order valence-electron chi connectivity index (χ4n) is 3.03. The van der Waals surface area contributed by atoms with Crippen molar-refractivity contribution in [3.05, 3.63) is 0 Å². The summed E-state index contributed by atoms with van der Waals surface area (Å²) in [7, 11) is 1.47. The Hall–Kier alpha value is -0.610. The second-order valence-electron chi connectivity index (χ2n) is 6.26. The van der Waals surface area contributed by atoms with Gasteiger partial charge in [0.15, 0.2) is 0 Å². The molecule has 0 aromatic carbocycles. The largest absolute Gasteiger partial charge is 0.468 e. The minimum absolute atomic E-state index is 0.139. The van der Waals surface area contributed by atoms with Gasteiger partial charge in [0.2, 0.25) is 0 Å². The van der Waals surface area contributed by atoms with Gasteiger partial charge in [-0.15, -0.1) is 0 Å². The zero-order chi connectivity index (χ0) is 15.0. The van der Waals surface area contributed by atoms with Crippen LogP contribution in [0.5, 0.6) is 0 Å². The highest BCUT2D eigenvalue weighted by Crippen LogP contribution is 2.21. The monoisotopic (exact) mass is 284 g/mol. The summed E-state index contributed by atoms with van der Waals surface area (Å²) in [4.78, 5) is 14.2. The van der Waals surface area contributed by atoms with Gasteiger partial charge < -0.3 is 15.0 Å². The third-order valence-corrected chi connectivity index (χ3v) is 4.16. The average molecular weight is 284 g/mol. The maximum atomic E-state index is 11.8. The summed E-state index contributed by atoms with van der Waals surface area (Å²) in [5, 5.41) is 3.30. The van der Waals surface area contributed by atoms with E-state index in [1.165, 1.54) is 45.9 Å². The van der Waals surface area contributed by atoms with Crippen molar-refractivity contribution in [3.8, 4) is 0 Å². The van der Waals surface area contributed by atoms with Gasteiger partial charge in [0.1, 0.15) is 6.04 Å². The van der Waals surface area contributed by atoms with Crippen molar-refractivity contribution >= 4 is 5.97 Å². The van der Waals surface area contributed by atoms with Crippen molar-refractivity contribution in [3.63, 3.8) is 0 Å². The molecule has 1 fully saturated rings. The topological polar surface area (TPSA) is 41.6 Å². The van der Waals surface area contributed by atoms with Gasteiger partial charge in [0.25, 0.3) is 0 Å². The molecule has 1 unspecified atom stereocenters. The van der Waals surface area contributed by atoms with Crippen LogP contribution in [-0.4, -0.2) is 49.7 Å². The van der Waals surface area contributed by atoms with E-state index in [9.17, 15) is 4.79 Å². The summed E-state index contributed by atoms with van der Waals surface area (Å²) in [5.74, 6) is 0.779. The first-order chi connectivity index (χ1) is 9.56. The molecule has 1 N–H and O–H groups in total. The number of rotatable bonds is 8. The Morgan fingerprint density at radius 3 is 2.50 bits per heavy atom. The molecular weight excluding hydrogens is 252 g/mol. The SMILES string of the molecule is CCCC1CCN(CCC(NC(C)C)C(=O)OC)CC1. The van der Waals surface area contributed by atoms with Crippen LogP contribution in [0, 0.1) is 5.92 Å². The minimum Gasteiger partial charge on any atom is -0.468 e. The molecule has 0 radical (unpaired) electrons. The van der Waals surface area contributed by atoms with Gasteiger partial charge in [-0.05, 0) is 38.3 Å². The van der Waals surface area contributed by atoms with Crippen molar-refractivity contribution in [1.29, 1.82) is 0 Å². The Balaban J connectivity index is 2.31. The van der Waals surface area contributed by atoms with E-state index in [0.717, 1.165) is 18.9 Å². The molecule has 118 valence electrons. The summed E-state index contributed by atoms with van der Waals surface area (Å²) in [6.07, 6.45) is 6.13. The number of piperidine rings is 1. The molecule has 1 heterocycles. The Labute approximate surface area is 124 Å². The first-order valence-electron chi connectivity index (χ1n) is 8.13. The summed E-state index contributed by atoms with van der Waals surface area (Å²) in [6.45, 7) is 9.74. The standard InChI is InChI=1S/C16H32N2O2/c1-5-6-14-7-10-18(11-8-14)12-9-15(16(19)20-4)17-13(2)3/h13-15,17H,5-12H2,1-4H3. The van der Waals surface area contributed by atoms with E-state index >= 15 is 0 Å². The summed E-state index contributed by atoms with van der Waals surface area (Å²) in [6, 6.07) is 0.128. The van der Waals surface area contributed by atoms with Crippen LogP contribution in [0.2, 0.25) is 0 Å². The van der Waals surface area contributed by atoms with E-state index in [1.807, 2.05) is 0 Å². The molecule has 0 aromatic rings. The molecule has 1 aliphatic rings. The predicted molar refractivity (Wildman–Crippen MR) is 82.8 cm³/mol. The summed E-state index contributed by atoms with van der Waals surface area (Å²) >= 11 is 0. The van der Waals surface area contributed by atoms with E-state index in [2.05, 4.69) is 31.0 Å². The van der Waals surface area contributed by atoms with E-state index in [-0.39, 0.29) is 12.0 Å². The molecule has 4 heteroatoms. The highest BCUT2D eigenvalue weighted by Gasteiger charge is 2.23. The van der Waals surface area contributed by atoms with Gasteiger partial charge in [-0.1, -0.05) is 33.6 Å². The minimum atomic E-state index is -0.173. The predicted octanol–water partition coefficient (Wildman–Crippen LogP) is 2.43. The molecule has 1 atom stereocenters. The van der Waals surface area contributed by atoms with E-state index < -0.39 is 0 Å². The number of nitrogens with zero attached hydrogens (tertiary/aromatic N) is 1. The smallest absolute Gasteiger partial charge is 0.322 e. The first-order valence-corrected chi connectivity index (χ1v) is 8.13. The van der Waals surface area contributed by atoms with Crippen LogP contribution >= 0.6 is 0 Å². The van der Waals surface area contributed by atoms with Gasteiger partial charge in [0.05, 0.1) is 7.11 Å². The molecule has 1 saturated heterocycles. The summed E-state index contributed by atoms with van der Waals surface area (Å²) in [5.41, 5.74) is 0. The Bertz CT molecular complexity index is 274. The molecule has 0 spiro atoms. The molecule has 0 saturated carbocycles. The van der Waals surface area contributed by atoms with Gasteiger partial charge in [0, 0.05) is 12.6 Å². The number of esters is 1. The lowest BCUT2D eigenvalue weighted by atomic mass is 9.92. The Morgan fingerprint density at radius 2 is 2.00 bits per heavy atom. The quantitative estimate of drug-likeness (QED) is 0.695. The number of methoxy groups -OCH3 is 1. The van der Waals surface area contributed by atoms with Gasteiger partial charge in [-0.2, -0.15) is 0 Å². The number of nitrogens with one attached hydrogen (secondary N) is 1. The van der Waals surface area contributed by atoms with Gasteiger partial charge in [-0.25, -0.2) is 0 Å². The zero-order valence-corrected chi connectivity index (χ0v) is 13.7. The Morgan fingerprint density at radius 1 is 1.35 bits per heavy atom. The highest BCUT2D eigenvalue weighted by molar-refractivity contribution is 5.75. The number of carbonyl (C=O) groups excluding carboxylic acids is 1. The van der Waals surface area contributed by atoms with Crippen LogP contribution in [0.1, 0.15) is 52.9 Å². The molecule has 0 aromatic heterocycles. The van der Waals surface area contributed by atoms with Crippen LogP contribution in [0.3, 0.4) is 0 Å². The fraction of sp³-hybridized carbons (Fsp3) is 0.938. The van der Waals surface area contributed by atoms with Crippen molar-refractivity contribution < 1.29 is 9.53 Å². The second kappa shape index (κ2) is 9.35. The normalized spacial score (nSPS) is 19.2. The number of ether oxygens (including phenoxy) is 1. The van der Waals surface area contributed by atoms with E-state index in [1.54, 1.807) is 0 Å². The zero-order valence-electron chi connectivity index (χ0n) is 13.7. The molecule has 1 rings (SSSR count). The number of likely N-dealkylation sites (tertiary alicyclic amines) is 1. The number of hydrogen-bond donors (Lipinski definition) is 1. The lowest BCUT2D eigenvalue weighted by Gasteiger charge is -2.32. The van der Waals surface area contributed by atoms with Gasteiger partial charge in [-0.3, -0.25) is 4.79 Å². The average Bonchev–Trinajstić information content (AvgIpc) is 2.44. The second-order valence-corrected chi connectivity index (χ2v) is 6.26. The molecule has 4 nitrogen and oxygen atoms in total. The Kier molecular flexibility index (Phi) is 8.15. The maximum absolute atomic E-state index is 11.8. The highest BCUT2D eigenvalue weighted by atomic mass is 16.5. The van der Waals surface area contributed by atoms with Crippen molar-refractivity contribution in [1.82, 2.24) is 10.2 Å². The molecule has 20 heavy (non-hydrogen) atoms. The molecule has 0 bridgehead atoms. The van der Waals surface area contributed by atoms with Crippen molar-refractivity contribution in [2.45, 2.75) is 65.0 Å². The first kappa shape index (κ1) is 17.4. The van der Waals surface area contributed by atoms with Crippen LogP contribution in [0.25, 0.3) is 0 Å². The molecule has 0 aliphatic carbocycles. The van der Waals surface area contributed by atoms with Crippen LogP contribution in [0.4, 0.5) is 0 Å². The lowest BCUT2D eigenvalue weighted by molar-refractivity contribution is -0.143. The van der Waals surface area contributed by atoms with Crippen LogP contribution < -0.4 is 5.32 Å². The number of carbonyl (C=O) groups is 1. The van der Waals surface area contributed by atoms with Gasteiger partial charge >= 0.3 is 5.97 Å². The fourth-order valence-corrected chi connectivity index (χ4v) is 3.03. The summed E-state index contributed by atoms with van der Waals surface area (Å²) < 4.78 is 4.88. The molecule has 1 aliphatic heterocycles. The lowest BCUT2D eigenvalue weighted by Crippen LogP contribution is -2.44.